The van der Waals surface area contributed by atoms with Gasteiger partial charge in [0.15, 0.2) is 5.89 Å². The van der Waals surface area contributed by atoms with E-state index >= 15 is 0 Å². The second-order valence-electron chi connectivity index (χ2n) is 4.78. The SMILES string of the molecule is NC1CCc2nc(Cc3ccc(Cl)cc3)oc2C1. The van der Waals surface area contributed by atoms with Crippen molar-refractivity contribution in [3.05, 3.63) is 52.2 Å². The first-order valence-corrected chi connectivity index (χ1v) is 6.56. The van der Waals surface area contributed by atoms with Crippen molar-refractivity contribution in [1.29, 1.82) is 0 Å². The third-order valence-corrected chi connectivity index (χ3v) is 3.54. The van der Waals surface area contributed by atoms with Crippen LogP contribution in [0.4, 0.5) is 0 Å². The van der Waals surface area contributed by atoms with Crippen molar-refractivity contribution in [1.82, 2.24) is 4.98 Å². The molecule has 18 heavy (non-hydrogen) atoms. The summed E-state index contributed by atoms with van der Waals surface area (Å²) in [5, 5.41) is 0.747. The second-order valence-corrected chi connectivity index (χ2v) is 5.22. The third kappa shape index (κ3) is 2.42. The molecule has 0 fully saturated rings. The van der Waals surface area contributed by atoms with Crippen molar-refractivity contribution in [2.45, 2.75) is 31.7 Å². The number of benzene rings is 1. The highest BCUT2D eigenvalue weighted by atomic mass is 35.5. The van der Waals surface area contributed by atoms with Gasteiger partial charge in [-0.3, -0.25) is 0 Å². The quantitative estimate of drug-likeness (QED) is 0.905. The van der Waals surface area contributed by atoms with E-state index in [4.69, 9.17) is 21.8 Å². The van der Waals surface area contributed by atoms with Gasteiger partial charge >= 0.3 is 0 Å². The van der Waals surface area contributed by atoms with Crippen LogP contribution in [0.2, 0.25) is 5.02 Å². The molecule has 0 saturated carbocycles. The molecule has 0 saturated heterocycles. The van der Waals surface area contributed by atoms with Crippen LogP contribution in [0.15, 0.2) is 28.7 Å². The molecule has 1 unspecified atom stereocenters. The lowest BCUT2D eigenvalue weighted by atomic mass is 9.98. The van der Waals surface area contributed by atoms with Gasteiger partial charge in [0.2, 0.25) is 0 Å². The van der Waals surface area contributed by atoms with Crippen LogP contribution in [0.3, 0.4) is 0 Å². The average molecular weight is 263 g/mol. The van der Waals surface area contributed by atoms with Crippen LogP contribution in [-0.4, -0.2) is 11.0 Å². The fourth-order valence-electron chi connectivity index (χ4n) is 2.31. The Morgan fingerprint density at radius 2 is 2.11 bits per heavy atom. The number of oxazole rings is 1. The van der Waals surface area contributed by atoms with Gasteiger partial charge in [-0.05, 0) is 30.5 Å². The summed E-state index contributed by atoms with van der Waals surface area (Å²) in [5.74, 6) is 1.74. The minimum Gasteiger partial charge on any atom is -0.445 e. The van der Waals surface area contributed by atoms with E-state index in [0.717, 1.165) is 47.2 Å². The van der Waals surface area contributed by atoms with Crippen LogP contribution in [0, 0.1) is 0 Å². The number of hydrogen-bond acceptors (Lipinski definition) is 3. The summed E-state index contributed by atoms with van der Waals surface area (Å²) >= 11 is 5.86. The highest BCUT2D eigenvalue weighted by Crippen LogP contribution is 2.22. The number of rotatable bonds is 2. The maximum Gasteiger partial charge on any atom is 0.199 e. The second kappa shape index (κ2) is 4.75. The minimum atomic E-state index is 0.217. The van der Waals surface area contributed by atoms with E-state index in [1.54, 1.807) is 0 Å². The molecule has 1 heterocycles. The molecule has 4 heteroatoms. The molecule has 1 aromatic carbocycles. The van der Waals surface area contributed by atoms with Crippen molar-refractivity contribution in [3.63, 3.8) is 0 Å². The topological polar surface area (TPSA) is 52.0 Å². The van der Waals surface area contributed by atoms with Gasteiger partial charge in [0.1, 0.15) is 5.76 Å². The summed E-state index contributed by atoms with van der Waals surface area (Å²) < 4.78 is 5.79. The van der Waals surface area contributed by atoms with E-state index < -0.39 is 0 Å². The van der Waals surface area contributed by atoms with Crippen molar-refractivity contribution in [2.24, 2.45) is 5.73 Å². The monoisotopic (exact) mass is 262 g/mol. The predicted molar refractivity (Wildman–Crippen MR) is 70.8 cm³/mol. The molecule has 1 aliphatic rings. The fourth-order valence-corrected chi connectivity index (χ4v) is 2.43. The van der Waals surface area contributed by atoms with Gasteiger partial charge in [-0.15, -0.1) is 0 Å². The summed E-state index contributed by atoms with van der Waals surface area (Å²) in [6, 6.07) is 7.98. The van der Waals surface area contributed by atoms with Crippen molar-refractivity contribution >= 4 is 11.6 Å². The zero-order chi connectivity index (χ0) is 12.5. The molecule has 2 aromatic rings. The summed E-state index contributed by atoms with van der Waals surface area (Å²) in [5.41, 5.74) is 8.16. The summed E-state index contributed by atoms with van der Waals surface area (Å²) in [4.78, 5) is 4.55. The van der Waals surface area contributed by atoms with E-state index in [9.17, 15) is 0 Å². The van der Waals surface area contributed by atoms with Gasteiger partial charge in [-0.25, -0.2) is 4.98 Å². The van der Waals surface area contributed by atoms with E-state index in [2.05, 4.69) is 4.98 Å². The number of hydrogen-bond donors (Lipinski definition) is 1. The molecular formula is C14H15ClN2O. The number of aryl methyl sites for hydroxylation is 1. The van der Waals surface area contributed by atoms with Crippen molar-refractivity contribution < 1.29 is 4.42 Å². The maximum atomic E-state index is 5.93. The van der Waals surface area contributed by atoms with Crippen LogP contribution in [-0.2, 0) is 19.3 Å². The fraction of sp³-hybridized carbons (Fsp3) is 0.357. The van der Waals surface area contributed by atoms with E-state index in [1.165, 1.54) is 0 Å². The minimum absolute atomic E-state index is 0.217. The number of aromatic nitrogens is 1. The lowest BCUT2D eigenvalue weighted by Gasteiger charge is -2.14. The van der Waals surface area contributed by atoms with Gasteiger partial charge in [0.25, 0.3) is 0 Å². The summed E-state index contributed by atoms with van der Waals surface area (Å²) in [7, 11) is 0. The van der Waals surface area contributed by atoms with Crippen molar-refractivity contribution in [3.8, 4) is 0 Å². The molecule has 1 aromatic heterocycles. The highest BCUT2D eigenvalue weighted by molar-refractivity contribution is 6.30. The molecule has 0 bridgehead atoms. The Hall–Kier alpha value is -1.32. The number of nitrogens with two attached hydrogens (primary N) is 1. The van der Waals surface area contributed by atoms with Crippen LogP contribution < -0.4 is 5.73 Å². The first-order valence-electron chi connectivity index (χ1n) is 6.18. The molecule has 0 amide bonds. The Morgan fingerprint density at radius 3 is 2.89 bits per heavy atom. The molecule has 2 N–H and O–H groups in total. The van der Waals surface area contributed by atoms with Crippen LogP contribution >= 0.6 is 11.6 Å². The van der Waals surface area contributed by atoms with Gasteiger partial charge in [-0.2, -0.15) is 0 Å². The molecule has 3 rings (SSSR count). The van der Waals surface area contributed by atoms with E-state index in [0.29, 0.717) is 6.42 Å². The van der Waals surface area contributed by atoms with Gasteiger partial charge in [-0.1, -0.05) is 23.7 Å². The molecule has 1 atom stereocenters. The molecule has 0 spiro atoms. The third-order valence-electron chi connectivity index (χ3n) is 3.29. The highest BCUT2D eigenvalue weighted by Gasteiger charge is 2.21. The number of fused-ring (bicyclic) bond motifs is 1. The van der Waals surface area contributed by atoms with E-state index in [1.807, 2.05) is 24.3 Å². The Labute approximate surface area is 111 Å². The predicted octanol–water partition coefficient (Wildman–Crippen LogP) is 2.73. The molecule has 1 aliphatic carbocycles. The zero-order valence-electron chi connectivity index (χ0n) is 10.0. The van der Waals surface area contributed by atoms with Gasteiger partial charge < -0.3 is 10.2 Å². The first-order chi connectivity index (χ1) is 8.70. The van der Waals surface area contributed by atoms with Crippen LogP contribution in [0.5, 0.6) is 0 Å². The molecule has 0 radical (unpaired) electrons. The lowest BCUT2D eigenvalue weighted by molar-refractivity contribution is 0.427. The summed E-state index contributed by atoms with van der Waals surface area (Å²) in [6.45, 7) is 0. The first kappa shape index (κ1) is 11.8. The number of nitrogens with zero attached hydrogens (tertiary/aromatic N) is 1. The van der Waals surface area contributed by atoms with Crippen LogP contribution in [0.1, 0.15) is 29.3 Å². The Kier molecular flexibility index (Phi) is 3.10. The summed E-state index contributed by atoms with van der Waals surface area (Å²) in [6.07, 6.45) is 3.45. The van der Waals surface area contributed by atoms with E-state index in [-0.39, 0.29) is 6.04 Å². The average Bonchev–Trinajstić information content (AvgIpc) is 2.73. The standard InChI is InChI=1S/C14H15ClN2O/c15-10-3-1-9(2-4-10)7-14-17-12-6-5-11(16)8-13(12)18-14/h1-4,11H,5-8,16H2. The largest absolute Gasteiger partial charge is 0.445 e. The van der Waals surface area contributed by atoms with Gasteiger partial charge in [0.05, 0.1) is 5.69 Å². The molecule has 3 nitrogen and oxygen atoms in total. The molecular weight excluding hydrogens is 248 g/mol. The Bertz CT molecular complexity index is 547. The Balaban J connectivity index is 1.79. The maximum absolute atomic E-state index is 5.93. The van der Waals surface area contributed by atoms with Gasteiger partial charge in [0, 0.05) is 23.9 Å². The zero-order valence-corrected chi connectivity index (χ0v) is 10.8. The Morgan fingerprint density at radius 1 is 1.33 bits per heavy atom. The smallest absolute Gasteiger partial charge is 0.199 e. The normalized spacial score (nSPS) is 18.7. The van der Waals surface area contributed by atoms with Crippen molar-refractivity contribution in [2.75, 3.05) is 0 Å². The lowest BCUT2D eigenvalue weighted by Crippen LogP contribution is -2.27. The molecule has 94 valence electrons. The van der Waals surface area contributed by atoms with Crippen LogP contribution in [0.25, 0.3) is 0 Å². The molecule has 0 aliphatic heterocycles. The number of halogens is 1.